The molecule has 2 N–H and O–H groups in total. The summed E-state index contributed by atoms with van der Waals surface area (Å²) >= 11 is 0. The molecule has 0 radical (unpaired) electrons. The van der Waals surface area contributed by atoms with Crippen LogP contribution in [-0.2, 0) is 0 Å². The standard InChI is InChI=1S/C15H22N2O/c1-3-8-15(9-10-15)11-17-14(18)12-4-6-13(16-2)7-5-12/h4-7,16H,3,8-11H2,1-2H3,(H,17,18). The number of hydrogen-bond acceptors (Lipinski definition) is 2. The van der Waals surface area contributed by atoms with E-state index in [-0.39, 0.29) is 5.91 Å². The van der Waals surface area contributed by atoms with Gasteiger partial charge in [-0.3, -0.25) is 4.79 Å². The maximum absolute atomic E-state index is 12.0. The lowest BCUT2D eigenvalue weighted by Gasteiger charge is -2.15. The molecular weight excluding hydrogens is 224 g/mol. The van der Waals surface area contributed by atoms with E-state index in [2.05, 4.69) is 17.6 Å². The Bertz CT molecular complexity index is 407. The van der Waals surface area contributed by atoms with Gasteiger partial charge in [-0.1, -0.05) is 13.3 Å². The maximum Gasteiger partial charge on any atom is 0.251 e. The van der Waals surface area contributed by atoms with Crippen molar-refractivity contribution in [2.24, 2.45) is 5.41 Å². The van der Waals surface area contributed by atoms with Crippen molar-refractivity contribution in [3.8, 4) is 0 Å². The summed E-state index contributed by atoms with van der Waals surface area (Å²) in [7, 11) is 1.87. The summed E-state index contributed by atoms with van der Waals surface area (Å²) in [5, 5.41) is 6.11. The van der Waals surface area contributed by atoms with Crippen molar-refractivity contribution in [3.63, 3.8) is 0 Å². The number of amides is 1. The fourth-order valence-electron chi connectivity index (χ4n) is 2.38. The van der Waals surface area contributed by atoms with Crippen LogP contribution in [0, 0.1) is 5.41 Å². The molecule has 18 heavy (non-hydrogen) atoms. The lowest BCUT2D eigenvalue weighted by atomic mass is 10.0. The van der Waals surface area contributed by atoms with Gasteiger partial charge < -0.3 is 10.6 Å². The Morgan fingerprint density at radius 2 is 1.94 bits per heavy atom. The number of rotatable bonds is 6. The highest BCUT2D eigenvalue weighted by molar-refractivity contribution is 5.94. The highest BCUT2D eigenvalue weighted by Gasteiger charge is 2.41. The van der Waals surface area contributed by atoms with Crippen molar-refractivity contribution in [2.45, 2.75) is 32.6 Å². The summed E-state index contributed by atoms with van der Waals surface area (Å²) < 4.78 is 0. The molecule has 1 fully saturated rings. The molecule has 0 heterocycles. The van der Waals surface area contributed by atoms with E-state index in [0.717, 1.165) is 17.8 Å². The molecule has 3 heteroatoms. The van der Waals surface area contributed by atoms with Gasteiger partial charge in [0.25, 0.3) is 5.91 Å². The zero-order valence-corrected chi connectivity index (χ0v) is 11.3. The first kappa shape index (κ1) is 12.9. The predicted molar refractivity (Wildman–Crippen MR) is 74.9 cm³/mol. The highest BCUT2D eigenvalue weighted by Crippen LogP contribution is 2.48. The molecule has 1 aromatic rings. The highest BCUT2D eigenvalue weighted by atomic mass is 16.1. The topological polar surface area (TPSA) is 41.1 Å². The Kier molecular flexibility index (Phi) is 3.90. The molecule has 98 valence electrons. The minimum absolute atomic E-state index is 0.0417. The molecule has 0 saturated heterocycles. The number of carbonyl (C=O) groups is 1. The van der Waals surface area contributed by atoms with E-state index < -0.39 is 0 Å². The van der Waals surface area contributed by atoms with Crippen LogP contribution < -0.4 is 10.6 Å². The molecule has 0 spiro atoms. The van der Waals surface area contributed by atoms with Crippen LogP contribution in [0.15, 0.2) is 24.3 Å². The van der Waals surface area contributed by atoms with Crippen LogP contribution in [0.2, 0.25) is 0 Å². The molecule has 1 aromatic carbocycles. The Balaban J connectivity index is 1.87. The van der Waals surface area contributed by atoms with E-state index >= 15 is 0 Å². The van der Waals surface area contributed by atoms with E-state index in [4.69, 9.17) is 0 Å². The molecule has 0 aromatic heterocycles. The lowest BCUT2D eigenvalue weighted by Crippen LogP contribution is -2.30. The van der Waals surface area contributed by atoms with E-state index in [1.165, 1.54) is 25.7 Å². The van der Waals surface area contributed by atoms with Gasteiger partial charge in [0.05, 0.1) is 0 Å². The van der Waals surface area contributed by atoms with Crippen molar-refractivity contribution < 1.29 is 4.79 Å². The second-order valence-corrected chi connectivity index (χ2v) is 5.26. The van der Waals surface area contributed by atoms with E-state index in [1.54, 1.807) is 0 Å². The van der Waals surface area contributed by atoms with Crippen LogP contribution in [-0.4, -0.2) is 19.5 Å². The average molecular weight is 246 g/mol. The Morgan fingerprint density at radius 3 is 2.44 bits per heavy atom. The van der Waals surface area contributed by atoms with Crippen LogP contribution in [0.4, 0.5) is 5.69 Å². The van der Waals surface area contributed by atoms with Crippen molar-refractivity contribution in [1.82, 2.24) is 5.32 Å². The normalized spacial score (nSPS) is 16.1. The van der Waals surface area contributed by atoms with Crippen molar-refractivity contribution in [2.75, 3.05) is 18.9 Å². The zero-order chi connectivity index (χ0) is 13.0. The minimum atomic E-state index is 0.0417. The van der Waals surface area contributed by atoms with E-state index in [0.29, 0.717) is 5.41 Å². The molecular formula is C15H22N2O. The Labute approximate surface area is 109 Å². The molecule has 0 atom stereocenters. The monoisotopic (exact) mass is 246 g/mol. The van der Waals surface area contributed by atoms with Gasteiger partial charge in [0.2, 0.25) is 0 Å². The van der Waals surface area contributed by atoms with Gasteiger partial charge in [0.15, 0.2) is 0 Å². The molecule has 1 aliphatic rings. The molecule has 0 aliphatic heterocycles. The van der Waals surface area contributed by atoms with Gasteiger partial charge in [-0.15, -0.1) is 0 Å². The molecule has 1 aliphatic carbocycles. The molecule has 2 rings (SSSR count). The van der Waals surface area contributed by atoms with E-state index in [9.17, 15) is 4.79 Å². The molecule has 1 amide bonds. The zero-order valence-electron chi connectivity index (χ0n) is 11.3. The van der Waals surface area contributed by atoms with Crippen LogP contribution in [0.1, 0.15) is 43.0 Å². The second-order valence-electron chi connectivity index (χ2n) is 5.26. The quantitative estimate of drug-likeness (QED) is 0.810. The maximum atomic E-state index is 12.0. The third-order valence-corrected chi connectivity index (χ3v) is 3.80. The first-order chi connectivity index (χ1) is 8.69. The summed E-state index contributed by atoms with van der Waals surface area (Å²) in [6.07, 6.45) is 4.96. The van der Waals surface area contributed by atoms with Gasteiger partial charge in [0, 0.05) is 24.8 Å². The molecule has 0 bridgehead atoms. The summed E-state index contributed by atoms with van der Waals surface area (Å²) in [6, 6.07) is 7.57. The number of nitrogens with one attached hydrogen (secondary N) is 2. The fraction of sp³-hybridized carbons (Fsp3) is 0.533. The largest absolute Gasteiger partial charge is 0.388 e. The smallest absolute Gasteiger partial charge is 0.251 e. The van der Waals surface area contributed by atoms with Gasteiger partial charge in [-0.2, -0.15) is 0 Å². The Morgan fingerprint density at radius 1 is 1.28 bits per heavy atom. The van der Waals surface area contributed by atoms with E-state index in [1.807, 2.05) is 31.3 Å². The van der Waals surface area contributed by atoms with Crippen molar-refractivity contribution in [3.05, 3.63) is 29.8 Å². The van der Waals surface area contributed by atoms with Crippen LogP contribution >= 0.6 is 0 Å². The Hall–Kier alpha value is -1.51. The average Bonchev–Trinajstić information content (AvgIpc) is 3.17. The van der Waals surface area contributed by atoms with Gasteiger partial charge >= 0.3 is 0 Å². The predicted octanol–water partition coefficient (Wildman–Crippen LogP) is 3.04. The van der Waals surface area contributed by atoms with Gasteiger partial charge in [0.1, 0.15) is 0 Å². The molecule has 1 saturated carbocycles. The number of hydrogen-bond donors (Lipinski definition) is 2. The first-order valence-electron chi connectivity index (χ1n) is 6.75. The first-order valence-corrected chi connectivity index (χ1v) is 6.75. The van der Waals surface area contributed by atoms with Crippen LogP contribution in [0.3, 0.4) is 0 Å². The summed E-state index contributed by atoms with van der Waals surface area (Å²) in [4.78, 5) is 12.0. The third kappa shape index (κ3) is 3.03. The van der Waals surface area contributed by atoms with Crippen molar-refractivity contribution in [1.29, 1.82) is 0 Å². The summed E-state index contributed by atoms with van der Waals surface area (Å²) in [5.41, 5.74) is 2.17. The summed E-state index contributed by atoms with van der Waals surface area (Å²) in [6.45, 7) is 3.03. The lowest BCUT2D eigenvalue weighted by molar-refractivity contribution is 0.0944. The second kappa shape index (κ2) is 5.42. The fourth-order valence-corrected chi connectivity index (χ4v) is 2.38. The number of benzene rings is 1. The SMILES string of the molecule is CCCC1(CNC(=O)c2ccc(NC)cc2)CC1. The van der Waals surface area contributed by atoms with Crippen LogP contribution in [0.25, 0.3) is 0 Å². The van der Waals surface area contributed by atoms with Crippen molar-refractivity contribution >= 4 is 11.6 Å². The number of carbonyl (C=O) groups excluding carboxylic acids is 1. The van der Waals surface area contributed by atoms with Gasteiger partial charge in [-0.05, 0) is 48.9 Å². The van der Waals surface area contributed by atoms with Gasteiger partial charge in [-0.25, -0.2) is 0 Å². The third-order valence-electron chi connectivity index (χ3n) is 3.80. The number of anilines is 1. The minimum Gasteiger partial charge on any atom is -0.388 e. The summed E-state index contributed by atoms with van der Waals surface area (Å²) in [5.74, 6) is 0.0417. The molecule has 0 unspecified atom stereocenters. The van der Waals surface area contributed by atoms with Crippen LogP contribution in [0.5, 0.6) is 0 Å². The molecule has 3 nitrogen and oxygen atoms in total.